The van der Waals surface area contributed by atoms with E-state index in [0.717, 1.165) is 5.56 Å². The molecule has 0 bridgehead atoms. The van der Waals surface area contributed by atoms with Gasteiger partial charge in [-0.1, -0.05) is 6.07 Å². The molecule has 0 aliphatic carbocycles. The summed E-state index contributed by atoms with van der Waals surface area (Å²) in [5.74, 6) is 0. The molecule has 0 amide bonds. The van der Waals surface area contributed by atoms with E-state index in [4.69, 9.17) is 0 Å². The summed E-state index contributed by atoms with van der Waals surface area (Å²) < 4.78 is 0. The van der Waals surface area contributed by atoms with Crippen molar-refractivity contribution >= 4 is 46.1 Å². The van der Waals surface area contributed by atoms with Crippen molar-refractivity contribution in [2.75, 3.05) is 0 Å². The predicted octanol–water partition coefficient (Wildman–Crippen LogP) is -3.88. The second-order valence-corrected chi connectivity index (χ2v) is 1.77. The maximum atomic E-state index is 3.72. The van der Waals surface area contributed by atoms with Gasteiger partial charge in [-0.15, -0.1) is 12.1 Å². The maximum absolute atomic E-state index is 3.72. The van der Waals surface area contributed by atoms with Gasteiger partial charge in [-0.05, 0) is 0 Å². The molecule has 0 saturated heterocycles. The Kier molecular flexibility index (Phi) is 50.0. The summed E-state index contributed by atoms with van der Waals surface area (Å²) in [6.07, 6.45) is 1.50. The molecule has 1 rings (SSSR count). The summed E-state index contributed by atoms with van der Waals surface area (Å²) in [5, 5.41) is 0. The molecule has 0 radical (unpaired) electrons. The quantitative estimate of drug-likeness (QED) is 0.335. The molecule has 0 aromatic heterocycles. The van der Waals surface area contributed by atoms with Gasteiger partial charge in [-0.2, -0.15) is 24.6 Å². The fourth-order valence-electron chi connectivity index (χ4n) is 0.478. The number of hydrogen-bond acceptors (Lipinski definition) is 0. The number of allylic oxidation sites excluding steroid dienone is 1. The number of hydrogen-bond donors (Lipinski definition) is 0. The van der Waals surface area contributed by atoms with E-state index in [1.54, 1.807) is 0 Å². The minimum Gasteiger partial charge on any atom is -1.00 e. The van der Waals surface area contributed by atoms with Gasteiger partial charge in [0.2, 0.25) is 0 Å². The van der Waals surface area contributed by atoms with Crippen molar-refractivity contribution < 1.29 is 34.0 Å². The molecule has 0 atom stereocenters. The molecular formula is C10H12Br2Mg2. The summed E-state index contributed by atoms with van der Waals surface area (Å²) >= 11 is 0. The zero-order valence-corrected chi connectivity index (χ0v) is 14.3. The Labute approximate surface area is 141 Å². The van der Waals surface area contributed by atoms with Crippen LogP contribution in [0.1, 0.15) is 5.56 Å². The number of halogens is 2. The first-order valence-electron chi connectivity index (χ1n) is 3.08. The smallest absolute Gasteiger partial charge is 1.00 e. The molecule has 0 nitrogen and oxygen atoms in total. The van der Waals surface area contributed by atoms with Crippen LogP contribution in [0.15, 0.2) is 43.0 Å². The molecular weight excluding hydrogens is 329 g/mol. The van der Waals surface area contributed by atoms with Crippen molar-refractivity contribution in [3.8, 4) is 0 Å². The fraction of sp³-hybridized carbons (Fsp3) is 0. The van der Waals surface area contributed by atoms with Gasteiger partial charge in [0.05, 0.1) is 0 Å². The Morgan fingerprint density at radius 1 is 1.00 bits per heavy atom. The van der Waals surface area contributed by atoms with Gasteiger partial charge in [0, 0.05) is 0 Å². The summed E-state index contributed by atoms with van der Waals surface area (Å²) in [6.45, 7) is 10.2. The van der Waals surface area contributed by atoms with Crippen LogP contribution in [0.5, 0.6) is 0 Å². The Hall–Kier alpha value is 1.19. The topological polar surface area (TPSA) is 0 Å². The van der Waals surface area contributed by atoms with Crippen LogP contribution in [0.25, 0.3) is 0 Å². The third-order valence-corrected chi connectivity index (χ3v) is 0.843. The molecule has 70 valence electrons. The molecule has 0 saturated carbocycles. The maximum Gasteiger partial charge on any atom is 2.00 e. The van der Waals surface area contributed by atoms with Gasteiger partial charge >= 0.3 is 46.1 Å². The number of benzene rings is 1. The van der Waals surface area contributed by atoms with Gasteiger partial charge in [0.25, 0.3) is 0 Å². The van der Waals surface area contributed by atoms with Crippen LogP contribution in [-0.4, -0.2) is 46.1 Å². The van der Waals surface area contributed by atoms with Crippen LogP contribution >= 0.6 is 0 Å². The first-order chi connectivity index (χ1) is 4.81. The molecule has 14 heavy (non-hydrogen) atoms. The Morgan fingerprint density at radius 2 is 1.29 bits per heavy atom. The van der Waals surface area contributed by atoms with Crippen molar-refractivity contribution in [2.24, 2.45) is 0 Å². The van der Waals surface area contributed by atoms with Gasteiger partial charge in [0.15, 0.2) is 0 Å². The van der Waals surface area contributed by atoms with Gasteiger partial charge in [-0.25, -0.2) is 19.6 Å². The van der Waals surface area contributed by atoms with Crippen LogP contribution in [0, 0.1) is 13.8 Å². The third-order valence-electron chi connectivity index (χ3n) is 0.843. The molecule has 0 spiro atoms. The van der Waals surface area contributed by atoms with Gasteiger partial charge in [0.1, 0.15) is 0 Å². The predicted molar refractivity (Wildman–Crippen MR) is 58.0 cm³/mol. The zero-order chi connectivity index (χ0) is 7.82. The van der Waals surface area contributed by atoms with Crippen LogP contribution < -0.4 is 34.0 Å². The SMILES string of the molecule is C=C[CH2-].[Br-].[Br-].[CH2-]c1ccccc1.[Mg+2].[Mg+2]. The van der Waals surface area contributed by atoms with Crippen molar-refractivity contribution in [2.45, 2.75) is 0 Å². The van der Waals surface area contributed by atoms with Crippen molar-refractivity contribution in [3.05, 3.63) is 62.4 Å². The molecule has 1 aromatic rings. The molecule has 0 fully saturated rings. The van der Waals surface area contributed by atoms with Crippen molar-refractivity contribution in [1.82, 2.24) is 0 Å². The summed E-state index contributed by atoms with van der Waals surface area (Å²) in [5.41, 5.74) is 1.07. The third kappa shape index (κ3) is 23.2. The van der Waals surface area contributed by atoms with Crippen LogP contribution in [0.4, 0.5) is 0 Å². The van der Waals surface area contributed by atoms with Crippen LogP contribution in [0.2, 0.25) is 0 Å². The molecule has 0 N–H and O–H groups in total. The van der Waals surface area contributed by atoms with E-state index in [2.05, 4.69) is 20.4 Å². The fourth-order valence-corrected chi connectivity index (χ4v) is 0.478. The van der Waals surface area contributed by atoms with Gasteiger partial charge < -0.3 is 34.0 Å². The van der Waals surface area contributed by atoms with E-state index in [1.165, 1.54) is 6.08 Å². The summed E-state index contributed by atoms with van der Waals surface area (Å²) in [4.78, 5) is 0. The second kappa shape index (κ2) is 23.8. The summed E-state index contributed by atoms with van der Waals surface area (Å²) in [6, 6.07) is 9.87. The normalized spacial score (nSPS) is 5.14. The Morgan fingerprint density at radius 3 is 1.43 bits per heavy atom. The Balaban J connectivity index is -0.0000000355. The minimum absolute atomic E-state index is 0. The van der Waals surface area contributed by atoms with Gasteiger partial charge in [-0.3, -0.25) is 0 Å². The summed E-state index contributed by atoms with van der Waals surface area (Å²) in [7, 11) is 0. The zero-order valence-electron chi connectivity index (χ0n) is 8.26. The van der Waals surface area contributed by atoms with E-state index in [0.29, 0.717) is 0 Å². The van der Waals surface area contributed by atoms with E-state index in [9.17, 15) is 0 Å². The van der Waals surface area contributed by atoms with E-state index in [-0.39, 0.29) is 80.1 Å². The van der Waals surface area contributed by atoms with E-state index < -0.39 is 0 Å². The van der Waals surface area contributed by atoms with Crippen LogP contribution in [-0.2, 0) is 0 Å². The molecule has 0 unspecified atom stereocenters. The molecule has 0 aliphatic rings. The molecule has 1 aromatic carbocycles. The molecule has 0 aliphatic heterocycles. The molecule has 4 heteroatoms. The van der Waals surface area contributed by atoms with E-state index in [1.807, 2.05) is 30.3 Å². The second-order valence-electron chi connectivity index (χ2n) is 1.77. The number of rotatable bonds is 0. The minimum atomic E-state index is 0. The average Bonchev–Trinajstić information content (AvgIpc) is 1.91. The molecule has 0 heterocycles. The first kappa shape index (κ1) is 29.5. The monoisotopic (exact) mass is 338 g/mol. The standard InChI is InChI=1S/C7H7.C3H5.2BrH.2Mg/c1-7-5-3-2-4-6-7;1-3-2;;;;/h2-6H,1H2;3H,1-2H2;2*1H;;/q2*-1;;;2*+2/p-2. The van der Waals surface area contributed by atoms with Crippen LogP contribution in [0.3, 0.4) is 0 Å². The largest absolute Gasteiger partial charge is 2.00 e. The first-order valence-corrected chi connectivity index (χ1v) is 3.08. The van der Waals surface area contributed by atoms with Crippen molar-refractivity contribution in [1.29, 1.82) is 0 Å². The van der Waals surface area contributed by atoms with Crippen molar-refractivity contribution in [3.63, 3.8) is 0 Å². The Bertz CT molecular complexity index is 179. The van der Waals surface area contributed by atoms with E-state index >= 15 is 0 Å². The average molecular weight is 341 g/mol.